The van der Waals surface area contributed by atoms with Crippen molar-refractivity contribution in [3.8, 4) is 11.1 Å². The molecule has 2 N–H and O–H groups in total. The number of aromatic nitrogens is 1. The molecule has 0 aliphatic heterocycles. The summed E-state index contributed by atoms with van der Waals surface area (Å²) in [4.78, 5) is 29.0. The Morgan fingerprint density at radius 2 is 1.80 bits per heavy atom. The minimum Gasteiger partial charge on any atom is -0.481 e. The van der Waals surface area contributed by atoms with Crippen molar-refractivity contribution in [3.63, 3.8) is 0 Å². The molecule has 3 aromatic rings. The number of aliphatic carboxylic acids is 1. The predicted molar refractivity (Wildman–Crippen MR) is 140 cm³/mol. The zero-order chi connectivity index (χ0) is 24.8. The van der Waals surface area contributed by atoms with Gasteiger partial charge in [0.1, 0.15) is 0 Å². The summed E-state index contributed by atoms with van der Waals surface area (Å²) in [6.07, 6.45) is 9.68. The number of carbonyl (C=O) groups excluding carboxylic acids is 1. The number of pyridine rings is 1. The van der Waals surface area contributed by atoms with Crippen LogP contribution in [0.15, 0.2) is 60.9 Å². The summed E-state index contributed by atoms with van der Waals surface area (Å²) >= 11 is 0. The van der Waals surface area contributed by atoms with Gasteiger partial charge in [0.2, 0.25) is 5.91 Å². The summed E-state index contributed by atoms with van der Waals surface area (Å²) in [5, 5.41) is 12.2. The first-order chi connectivity index (χ1) is 17.0. The van der Waals surface area contributed by atoms with Crippen LogP contribution in [0.1, 0.15) is 67.2 Å². The number of benzene rings is 2. The van der Waals surface area contributed by atoms with Gasteiger partial charge in [0.25, 0.3) is 0 Å². The highest BCUT2D eigenvalue weighted by Crippen LogP contribution is 2.39. The summed E-state index contributed by atoms with van der Waals surface area (Å²) in [6, 6.07) is 16.3. The lowest BCUT2D eigenvalue weighted by atomic mass is 9.83. The van der Waals surface area contributed by atoms with Crippen molar-refractivity contribution in [1.29, 1.82) is 0 Å². The summed E-state index contributed by atoms with van der Waals surface area (Å²) in [7, 11) is 0. The third kappa shape index (κ3) is 5.97. The molecule has 2 aromatic carbocycles. The van der Waals surface area contributed by atoms with Crippen LogP contribution in [0.3, 0.4) is 0 Å². The molecule has 1 heterocycles. The third-order valence-electron chi connectivity index (χ3n) is 7.27. The van der Waals surface area contributed by atoms with Gasteiger partial charge in [-0.2, -0.15) is 0 Å². The van der Waals surface area contributed by atoms with Gasteiger partial charge in [-0.15, -0.1) is 0 Å². The fourth-order valence-electron chi connectivity index (χ4n) is 5.19. The second-order valence-electron chi connectivity index (χ2n) is 9.55. The van der Waals surface area contributed by atoms with Crippen molar-refractivity contribution in [2.45, 2.75) is 64.7 Å². The number of amides is 1. The maximum absolute atomic E-state index is 13.7. The van der Waals surface area contributed by atoms with Gasteiger partial charge in [-0.25, -0.2) is 0 Å². The number of carbonyl (C=O) groups is 2. The van der Waals surface area contributed by atoms with Crippen LogP contribution in [0, 0.1) is 12.8 Å². The smallest absolute Gasteiger partial charge is 0.303 e. The zero-order valence-corrected chi connectivity index (χ0v) is 20.6. The van der Waals surface area contributed by atoms with Crippen LogP contribution in [-0.2, 0) is 22.4 Å². The Morgan fingerprint density at radius 3 is 2.49 bits per heavy atom. The lowest BCUT2D eigenvalue weighted by Crippen LogP contribution is -2.27. The van der Waals surface area contributed by atoms with Crippen LogP contribution in [0.2, 0.25) is 0 Å². The topological polar surface area (TPSA) is 79.3 Å². The molecule has 0 radical (unpaired) electrons. The van der Waals surface area contributed by atoms with Crippen molar-refractivity contribution in [2.75, 3.05) is 5.32 Å². The van der Waals surface area contributed by atoms with Crippen molar-refractivity contribution >= 4 is 17.6 Å². The largest absolute Gasteiger partial charge is 0.481 e. The van der Waals surface area contributed by atoms with Crippen LogP contribution >= 0.6 is 0 Å². The minimum absolute atomic E-state index is 0.0118. The lowest BCUT2D eigenvalue weighted by Gasteiger charge is -2.24. The maximum Gasteiger partial charge on any atom is 0.303 e. The van der Waals surface area contributed by atoms with Crippen molar-refractivity contribution in [1.82, 2.24) is 4.98 Å². The average molecular weight is 471 g/mol. The molecule has 35 heavy (non-hydrogen) atoms. The van der Waals surface area contributed by atoms with E-state index in [-0.39, 0.29) is 18.2 Å². The summed E-state index contributed by atoms with van der Waals surface area (Å²) < 4.78 is 0. The molecule has 182 valence electrons. The quantitative estimate of drug-likeness (QED) is 0.372. The van der Waals surface area contributed by atoms with Crippen molar-refractivity contribution in [3.05, 3.63) is 83.2 Å². The molecule has 5 heteroatoms. The monoisotopic (exact) mass is 470 g/mol. The average Bonchev–Trinajstić information content (AvgIpc) is 3.39. The SMILES string of the molecule is CCc1cncc(-c2ccc(C(C(=O)Nc3cccc(CCC(=O)O)c3C)C3CCCC3)cc2)c1. The van der Waals surface area contributed by atoms with E-state index in [1.165, 1.54) is 5.56 Å². The number of nitrogens with one attached hydrogen (secondary N) is 1. The number of hydrogen-bond acceptors (Lipinski definition) is 3. The first-order valence-corrected chi connectivity index (χ1v) is 12.6. The summed E-state index contributed by atoms with van der Waals surface area (Å²) in [5.41, 5.74) is 7.09. The van der Waals surface area contributed by atoms with Crippen molar-refractivity contribution in [2.24, 2.45) is 5.92 Å². The molecule has 1 aromatic heterocycles. The summed E-state index contributed by atoms with van der Waals surface area (Å²) in [6.45, 7) is 4.07. The molecule has 4 rings (SSSR count). The molecule has 0 saturated heterocycles. The highest BCUT2D eigenvalue weighted by Gasteiger charge is 2.32. The highest BCUT2D eigenvalue weighted by atomic mass is 16.4. The molecule has 1 saturated carbocycles. The second-order valence-corrected chi connectivity index (χ2v) is 9.55. The Balaban J connectivity index is 1.58. The predicted octanol–water partition coefficient (Wildman–Crippen LogP) is 6.55. The lowest BCUT2D eigenvalue weighted by molar-refractivity contribution is -0.137. The first-order valence-electron chi connectivity index (χ1n) is 12.6. The fraction of sp³-hybridized carbons (Fsp3) is 0.367. The molecule has 1 aliphatic carbocycles. The number of aryl methyl sites for hydroxylation is 2. The highest BCUT2D eigenvalue weighted by molar-refractivity contribution is 5.97. The van der Waals surface area contributed by atoms with Crippen LogP contribution in [0.25, 0.3) is 11.1 Å². The number of carboxylic acids is 1. The zero-order valence-electron chi connectivity index (χ0n) is 20.6. The second kappa shape index (κ2) is 11.3. The number of carboxylic acid groups (broad SMARTS) is 1. The molecule has 1 unspecified atom stereocenters. The Morgan fingerprint density at radius 1 is 1.06 bits per heavy atom. The number of hydrogen-bond donors (Lipinski definition) is 2. The van der Waals surface area contributed by atoms with Gasteiger partial charge >= 0.3 is 5.97 Å². The van der Waals surface area contributed by atoms with E-state index in [4.69, 9.17) is 5.11 Å². The Bertz CT molecular complexity index is 1180. The van der Waals surface area contributed by atoms with Gasteiger partial charge in [-0.05, 0) is 78.5 Å². The molecule has 0 spiro atoms. The van der Waals surface area contributed by atoms with E-state index in [9.17, 15) is 9.59 Å². The van der Waals surface area contributed by atoms with Crippen LogP contribution < -0.4 is 5.32 Å². The normalized spacial score (nSPS) is 14.6. The van der Waals surface area contributed by atoms with Gasteiger partial charge in [-0.1, -0.05) is 56.2 Å². The Labute approximate surface area is 207 Å². The van der Waals surface area contributed by atoms with E-state index in [1.807, 2.05) is 37.5 Å². The van der Waals surface area contributed by atoms with E-state index in [1.54, 1.807) is 0 Å². The minimum atomic E-state index is -0.819. The van der Waals surface area contributed by atoms with E-state index in [0.29, 0.717) is 12.3 Å². The van der Waals surface area contributed by atoms with E-state index in [2.05, 4.69) is 47.6 Å². The van der Waals surface area contributed by atoms with Crippen LogP contribution in [0.5, 0.6) is 0 Å². The molecule has 5 nitrogen and oxygen atoms in total. The fourth-order valence-corrected chi connectivity index (χ4v) is 5.19. The van der Waals surface area contributed by atoms with Gasteiger partial charge < -0.3 is 10.4 Å². The number of nitrogens with zero attached hydrogens (tertiary/aromatic N) is 1. The Hall–Kier alpha value is -3.47. The Kier molecular flexibility index (Phi) is 7.96. The molecular weight excluding hydrogens is 436 g/mol. The maximum atomic E-state index is 13.7. The first kappa shape index (κ1) is 24.6. The van der Waals surface area contributed by atoms with Gasteiger partial charge in [0, 0.05) is 30.1 Å². The van der Waals surface area contributed by atoms with Crippen molar-refractivity contribution < 1.29 is 14.7 Å². The van der Waals surface area contributed by atoms with Gasteiger partial charge in [0.15, 0.2) is 0 Å². The molecule has 1 atom stereocenters. The van der Waals surface area contributed by atoms with E-state index in [0.717, 1.165) is 65.6 Å². The molecule has 1 amide bonds. The summed E-state index contributed by atoms with van der Waals surface area (Å²) in [5.74, 6) is -0.700. The standard InChI is InChI=1S/C30H34N2O3/c1-3-21-17-26(19-31-18-21)23-11-13-25(14-12-23)29(24-7-4-5-8-24)30(35)32-27-10-6-9-22(20(27)2)15-16-28(33)34/h6,9-14,17-19,24,29H,3-5,7-8,15-16H2,1-2H3,(H,32,35)(H,33,34). The third-order valence-corrected chi connectivity index (χ3v) is 7.27. The van der Waals surface area contributed by atoms with Gasteiger partial charge in [0.05, 0.1) is 5.92 Å². The van der Waals surface area contributed by atoms with E-state index < -0.39 is 5.97 Å². The molecule has 0 bridgehead atoms. The van der Waals surface area contributed by atoms with Crippen LogP contribution in [-0.4, -0.2) is 22.0 Å². The molecular formula is C30H34N2O3. The van der Waals surface area contributed by atoms with Gasteiger partial charge in [-0.3, -0.25) is 14.6 Å². The van der Waals surface area contributed by atoms with Crippen LogP contribution in [0.4, 0.5) is 5.69 Å². The number of anilines is 1. The molecule has 1 fully saturated rings. The molecule has 1 aliphatic rings. The van der Waals surface area contributed by atoms with E-state index >= 15 is 0 Å². The number of rotatable bonds is 9.